The van der Waals surface area contributed by atoms with E-state index in [1.54, 1.807) is 24.3 Å². The quantitative estimate of drug-likeness (QED) is 0.759. The van der Waals surface area contributed by atoms with Gasteiger partial charge in [-0.25, -0.2) is 8.98 Å². The molecule has 8 nitrogen and oxygen atoms in total. The number of rotatable bonds is 5. The number of likely N-dealkylation sites (tertiary alicyclic amines) is 1. The van der Waals surface area contributed by atoms with Crippen molar-refractivity contribution in [1.29, 1.82) is 0 Å². The molecule has 23 heavy (non-hydrogen) atoms. The van der Waals surface area contributed by atoms with E-state index in [1.807, 2.05) is 0 Å². The minimum absolute atomic E-state index is 0.0871. The number of aliphatic carboxylic acids is 1. The van der Waals surface area contributed by atoms with Gasteiger partial charge < -0.3 is 10.0 Å². The van der Waals surface area contributed by atoms with Crippen molar-refractivity contribution in [3.8, 4) is 0 Å². The van der Waals surface area contributed by atoms with Crippen LogP contribution in [-0.2, 0) is 24.1 Å². The van der Waals surface area contributed by atoms with E-state index in [0.717, 1.165) is 9.37 Å². The summed E-state index contributed by atoms with van der Waals surface area (Å²) in [7, 11) is -4.13. The van der Waals surface area contributed by atoms with Gasteiger partial charge in [0.2, 0.25) is 5.91 Å². The number of carbonyl (C=O) groups is 2. The number of hydrogen-bond donors (Lipinski definition) is 2. The zero-order valence-electron chi connectivity index (χ0n) is 12.1. The van der Waals surface area contributed by atoms with Crippen LogP contribution >= 0.6 is 15.9 Å². The predicted octanol–water partition coefficient (Wildman–Crippen LogP) is 1.20. The van der Waals surface area contributed by atoms with Gasteiger partial charge in [-0.05, 0) is 24.3 Å². The van der Waals surface area contributed by atoms with Gasteiger partial charge in [0.05, 0.1) is 11.8 Å². The third kappa shape index (κ3) is 4.66. The summed E-state index contributed by atoms with van der Waals surface area (Å²) in [6.07, 6.45) is -0.996. The minimum atomic E-state index is -4.13. The second kappa shape index (κ2) is 6.85. The lowest BCUT2D eigenvalue weighted by Gasteiger charge is -2.18. The number of carboxylic acid groups (broad SMARTS) is 1. The van der Waals surface area contributed by atoms with E-state index in [9.17, 15) is 18.0 Å². The molecule has 0 spiro atoms. The lowest BCUT2D eigenvalue weighted by Crippen LogP contribution is -2.39. The van der Waals surface area contributed by atoms with E-state index < -0.39 is 34.3 Å². The van der Waals surface area contributed by atoms with Gasteiger partial charge >= 0.3 is 16.3 Å². The minimum Gasteiger partial charge on any atom is -0.480 e. The highest BCUT2D eigenvalue weighted by molar-refractivity contribution is 9.10. The van der Waals surface area contributed by atoms with Crippen LogP contribution in [0.25, 0.3) is 0 Å². The Labute approximate surface area is 141 Å². The summed E-state index contributed by atoms with van der Waals surface area (Å²) in [6, 6.07) is 5.32. The maximum atomic E-state index is 12.0. The van der Waals surface area contributed by atoms with Crippen molar-refractivity contribution in [2.45, 2.75) is 25.5 Å². The van der Waals surface area contributed by atoms with Gasteiger partial charge in [-0.1, -0.05) is 15.9 Å². The second-order valence-corrected chi connectivity index (χ2v) is 7.26. The Morgan fingerprint density at radius 1 is 1.35 bits per heavy atom. The fourth-order valence-electron chi connectivity index (χ4n) is 2.31. The smallest absolute Gasteiger partial charge is 0.360 e. The molecule has 1 fully saturated rings. The van der Waals surface area contributed by atoms with Gasteiger partial charge in [0.1, 0.15) is 6.04 Å². The third-order valence-electron chi connectivity index (χ3n) is 3.30. The summed E-state index contributed by atoms with van der Waals surface area (Å²) < 4.78 is 32.0. The molecule has 2 unspecified atom stereocenters. The molecule has 0 bridgehead atoms. The molecular formula is C13H15BrN2O6S. The van der Waals surface area contributed by atoms with E-state index >= 15 is 0 Å². The Balaban J connectivity index is 2.04. The highest BCUT2D eigenvalue weighted by Gasteiger charge is 2.40. The van der Waals surface area contributed by atoms with E-state index in [-0.39, 0.29) is 13.0 Å². The Hall–Kier alpha value is -1.65. The molecule has 1 aliphatic heterocycles. The summed E-state index contributed by atoms with van der Waals surface area (Å²) >= 11 is 3.23. The molecular weight excluding hydrogens is 392 g/mol. The topological polar surface area (TPSA) is 113 Å². The van der Waals surface area contributed by atoms with Gasteiger partial charge in [-0.3, -0.25) is 9.52 Å². The van der Waals surface area contributed by atoms with Gasteiger partial charge in [-0.2, -0.15) is 8.42 Å². The molecule has 1 aromatic carbocycles. The van der Waals surface area contributed by atoms with Crippen LogP contribution in [-0.4, -0.2) is 49.0 Å². The van der Waals surface area contributed by atoms with Crippen molar-refractivity contribution in [2.24, 2.45) is 0 Å². The number of carbonyl (C=O) groups excluding carboxylic acids is 1. The zero-order chi connectivity index (χ0) is 17.2. The first-order chi connectivity index (χ1) is 10.7. The normalized spacial score (nSPS) is 21.2. The van der Waals surface area contributed by atoms with Gasteiger partial charge in [0, 0.05) is 24.4 Å². The van der Waals surface area contributed by atoms with Crippen molar-refractivity contribution in [1.82, 2.24) is 4.90 Å². The predicted molar refractivity (Wildman–Crippen MR) is 85.0 cm³/mol. The van der Waals surface area contributed by atoms with Crippen molar-refractivity contribution in [2.75, 3.05) is 11.3 Å². The Kier molecular flexibility index (Phi) is 5.27. The monoisotopic (exact) mass is 406 g/mol. The number of carboxylic acids is 1. The fraction of sp³-hybridized carbons (Fsp3) is 0.385. The molecule has 0 aromatic heterocycles. The summed E-state index contributed by atoms with van der Waals surface area (Å²) in [6.45, 7) is 1.14. The molecule has 0 aliphatic carbocycles. The Morgan fingerprint density at radius 2 is 1.96 bits per heavy atom. The Bertz CT molecular complexity index is 684. The number of hydrogen-bond acceptors (Lipinski definition) is 5. The number of anilines is 1. The molecule has 10 heteroatoms. The average Bonchev–Trinajstić information content (AvgIpc) is 2.84. The van der Waals surface area contributed by atoms with Crippen LogP contribution in [0.1, 0.15) is 13.3 Å². The van der Waals surface area contributed by atoms with Crippen LogP contribution in [0.15, 0.2) is 28.7 Å². The molecule has 1 saturated heterocycles. The number of amides is 1. The highest BCUT2D eigenvalue weighted by Crippen LogP contribution is 2.23. The molecule has 2 rings (SSSR count). The maximum Gasteiger partial charge on any atom is 0.360 e. The lowest BCUT2D eigenvalue weighted by atomic mass is 10.2. The van der Waals surface area contributed by atoms with E-state index in [1.165, 1.54) is 6.92 Å². The van der Waals surface area contributed by atoms with E-state index in [0.29, 0.717) is 5.69 Å². The van der Waals surface area contributed by atoms with Gasteiger partial charge in [0.25, 0.3) is 0 Å². The van der Waals surface area contributed by atoms with Crippen LogP contribution in [0, 0.1) is 0 Å². The molecule has 1 heterocycles. The van der Waals surface area contributed by atoms with Crippen molar-refractivity contribution >= 4 is 43.8 Å². The van der Waals surface area contributed by atoms with Crippen molar-refractivity contribution in [3.63, 3.8) is 0 Å². The van der Waals surface area contributed by atoms with Crippen molar-refractivity contribution < 1.29 is 27.3 Å². The van der Waals surface area contributed by atoms with Crippen LogP contribution in [0.2, 0.25) is 0 Å². The second-order valence-electron chi connectivity index (χ2n) is 5.04. The number of benzene rings is 1. The first-order valence-electron chi connectivity index (χ1n) is 6.64. The average molecular weight is 407 g/mol. The number of nitrogens with zero attached hydrogens (tertiary/aromatic N) is 1. The van der Waals surface area contributed by atoms with Crippen LogP contribution in [0.4, 0.5) is 5.69 Å². The molecule has 2 N–H and O–H groups in total. The lowest BCUT2D eigenvalue weighted by molar-refractivity contribution is -0.147. The zero-order valence-corrected chi connectivity index (χ0v) is 14.5. The maximum absolute atomic E-state index is 12.0. The standard InChI is InChI=1S/C13H15BrN2O6S/c1-8(17)16-7-11(6-12(16)13(18)19)22-23(20,21)15-10-4-2-9(14)3-5-10/h2-5,11-12,15H,6-7H2,1H3,(H,18,19). The van der Waals surface area contributed by atoms with Crippen LogP contribution < -0.4 is 4.72 Å². The van der Waals surface area contributed by atoms with Crippen molar-refractivity contribution in [3.05, 3.63) is 28.7 Å². The summed E-state index contributed by atoms with van der Waals surface area (Å²) in [5.41, 5.74) is 0.310. The molecule has 1 aliphatic rings. The first-order valence-corrected chi connectivity index (χ1v) is 8.84. The highest BCUT2D eigenvalue weighted by atomic mass is 79.9. The first kappa shape index (κ1) is 17.7. The number of halogens is 1. The van der Waals surface area contributed by atoms with E-state index in [2.05, 4.69) is 20.7 Å². The van der Waals surface area contributed by atoms with Gasteiger partial charge in [-0.15, -0.1) is 0 Å². The largest absolute Gasteiger partial charge is 0.480 e. The molecule has 126 valence electrons. The van der Waals surface area contributed by atoms with E-state index in [4.69, 9.17) is 9.29 Å². The molecule has 0 radical (unpaired) electrons. The van der Waals surface area contributed by atoms with Gasteiger partial charge in [0.15, 0.2) is 0 Å². The summed E-state index contributed by atoms with van der Waals surface area (Å²) in [4.78, 5) is 23.6. The molecule has 1 amide bonds. The van der Waals surface area contributed by atoms with Crippen LogP contribution in [0.5, 0.6) is 0 Å². The Morgan fingerprint density at radius 3 is 2.43 bits per heavy atom. The third-order valence-corrected chi connectivity index (χ3v) is 4.84. The SMILES string of the molecule is CC(=O)N1CC(OS(=O)(=O)Nc2ccc(Br)cc2)CC1C(=O)O. The fourth-order valence-corrected chi connectivity index (χ4v) is 3.55. The molecule has 1 aromatic rings. The van der Waals surface area contributed by atoms with Crippen LogP contribution in [0.3, 0.4) is 0 Å². The summed E-state index contributed by atoms with van der Waals surface area (Å²) in [5, 5.41) is 9.09. The molecule has 2 atom stereocenters. The summed E-state index contributed by atoms with van der Waals surface area (Å²) in [5.74, 6) is -1.63. The number of nitrogens with one attached hydrogen (secondary N) is 1. The molecule has 0 saturated carbocycles.